The van der Waals surface area contributed by atoms with Crippen LogP contribution in [0.2, 0.25) is 0 Å². The molecule has 4 nitrogen and oxygen atoms in total. The van der Waals surface area contributed by atoms with E-state index in [-0.39, 0.29) is 6.04 Å². The number of nitrogens with zero attached hydrogens (tertiary/aromatic N) is 2. The van der Waals surface area contributed by atoms with Crippen molar-refractivity contribution in [3.8, 4) is 11.5 Å². The van der Waals surface area contributed by atoms with E-state index < -0.39 is 0 Å². The molecule has 1 aliphatic heterocycles. The van der Waals surface area contributed by atoms with Crippen LogP contribution in [0.3, 0.4) is 0 Å². The van der Waals surface area contributed by atoms with Crippen molar-refractivity contribution >= 4 is 0 Å². The number of methoxy groups -OCH3 is 2. The van der Waals surface area contributed by atoms with E-state index >= 15 is 0 Å². The predicted octanol–water partition coefficient (Wildman–Crippen LogP) is 4.81. The molecule has 1 aliphatic rings. The van der Waals surface area contributed by atoms with Gasteiger partial charge >= 0.3 is 0 Å². The quantitative estimate of drug-likeness (QED) is 0.639. The van der Waals surface area contributed by atoms with Crippen molar-refractivity contribution in [2.75, 3.05) is 20.8 Å². The molecule has 0 fully saturated rings. The molecule has 0 bridgehead atoms. The summed E-state index contributed by atoms with van der Waals surface area (Å²) in [6.45, 7) is 5.05. The van der Waals surface area contributed by atoms with Gasteiger partial charge in [0.2, 0.25) is 0 Å². The summed E-state index contributed by atoms with van der Waals surface area (Å²) in [5.74, 6) is 1.77. The van der Waals surface area contributed by atoms with E-state index in [1.165, 1.54) is 16.8 Å². The molecule has 28 heavy (non-hydrogen) atoms. The van der Waals surface area contributed by atoms with E-state index in [2.05, 4.69) is 65.1 Å². The van der Waals surface area contributed by atoms with Crippen LogP contribution in [0.1, 0.15) is 34.8 Å². The zero-order chi connectivity index (χ0) is 19.5. The maximum Gasteiger partial charge on any atom is 0.123 e. The highest BCUT2D eigenvalue weighted by Crippen LogP contribution is 2.35. The van der Waals surface area contributed by atoms with Gasteiger partial charge in [-0.1, -0.05) is 29.8 Å². The smallest absolute Gasteiger partial charge is 0.123 e. The molecule has 146 valence electrons. The van der Waals surface area contributed by atoms with Gasteiger partial charge in [0.15, 0.2) is 0 Å². The fourth-order valence-corrected chi connectivity index (χ4v) is 4.26. The number of aromatic nitrogens is 1. The highest BCUT2D eigenvalue weighted by Gasteiger charge is 2.28. The van der Waals surface area contributed by atoms with E-state index in [0.29, 0.717) is 0 Å². The number of hydrogen-bond donors (Lipinski definition) is 0. The first-order valence-electron chi connectivity index (χ1n) is 9.86. The Morgan fingerprint density at radius 3 is 2.64 bits per heavy atom. The Bertz CT molecular complexity index is 947. The van der Waals surface area contributed by atoms with Gasteiger partial charge in [0.25, 0.3) is 0 Å². The minimum Gasteiger partial charge on any atom is -0.497 e. The molecule has 0 radical (unpaired) electrons. The van der Waals surface area contributed by atoms with Gasteiger partial charge in [-0.05, 0) is 49.2 Å². The zero-order valence-electron chi connectivity index (χ0n) is 16.9. The van der Waals surface area contributed by atoms with Crippen LogP contribution in [0.25, 0.3) is 0 Å². The number of fused-ring (bicyclic) bond motifs is 1. The molecule has 1 aromatic heterocycles. The summed E-state index contributed by atoms with van der Waals surface area (Å²) < 4.78 is 13.5. The number of aryl methyl sites for hydroxylation is 2. The third-order valence-corrected chi connectivity index (χ3v) is 5.57. The first-order valence-corrected chi connectivity index (χ1v) is 9.86. The van der Waals surface area contributed by atoms with Crippen molar-refractivity contribution in [3.63, 3.8) is 0 Å². The van der Waals surface area contributed by atoms with E-state index in [9.17, 15) is 0 Å². The number of benzene rings is 2. The van der Waals surface area contributed by atoms with Crippen molar-refractivity contribution in [3.05, 3.63) is 83.2 Å². The maximum absolute atomic E-state index is 5.64. The topological polar surface area (TPSA) is 26.6 Å². The Hall–Kier alpha value is -2.72. The van der Waals surface area contributed by atoms with Crippen LogP contribution in [0.5, 0.6) is 11.5 Å². The SMILES string of the molecule is COc1ccc(OC)c(CN2CCCn3cccc3[C@@H]2c2cccc(C)c2)c1. The minimum atomic E-state index is 0.216. The lowest BCUT2D eigenvalue weighted by Crippen LogP contribution is -2.29. The van der Waals surface area contributed by atoms with Crippen molar-refractivity contribution in [2.45, 2.75) is 32.5 Å². The van der Waals surface area contributed by atoms with Crippen molar-refractivity contribution < 1.29 is 9.47 Å². The Balaban J connectivity index is 1.76. The molecule has 0 saturated carbocycles. The second-order valence-electron chi connectivity index (χ2n) is 7.44. The molecule has 0 aliphatic carbocycles. The third kappa shape index (κ3) is 3.65. The molecule has 0 saturated heterocycles. The largest absolute Gasteiger partial charge is 0.497 e. The van der Waals surface area contributed by atoms with Crippen LogP contribution in [0.4, 0.5) is 0 Å². The monoisotopic (exact) mass is 376 g/mol. The van der Waals surface area contributed by atoms with Gasteiger partial charge < -0.3 is 14.0 Å². The Labute approximate surface area is 167 Å². The molecule has 4 rings (SSSR count). The van der Waals surface area contributed by atoms with E-state index in [1.807, 2.05) is 12.1 Å². The van der Waals surface area contributed by atoms with Gasteiger partial charge in [-0.2, -0.15) is 0 Å². The standard InChI is InChI=1S/C24H28N2O2/c1-18-7-4-8-19(15-18)24-22-9-5-12-25(22)13-6-14-26(24)17-20-16-21(27-2)10-11-23(20)28-3/h4-5,7-12,15-16,24H,6,13-14,17H2,1-3H3/t24-/m0/s1. The number of hydrogen-bond acceptors (Lipinski definition) is 3. The molecule has 1 atom stereocenters. The summed E-state index contributed by atoms with van der Waals surface area (Å²) in [6, 6.07) is 19.6. The first-order chi connectivity index (χ1) is 13.7. The molecule has 0 spiro atoms. The average Bonchev–Trinajstić information content (AvgIpc) is 3.09. The lowest BCUT2D eigenvalue weighted by Gasteiger charge is -2.31. The van der Waals surface area contributed by atoms with Crippen LogP contribution in [-0.4, -0.2) is 30.2 Å². The lowest BCUT2D eigenvalue weighted by atomic mass is 9.99. The minimum absolute atomic E-state index is 0.216. The molecule has 0 unspecified atom stereocenters. The Kier molecular flexibility index (Phi) is 5.40. The fraction of sp³-hybridized carbons (Fsp3) is 0.333. The van der Waals surface area contributed by atoms with Gasteiger partial charge in [0.1, 0.15) is 11.5 Å². The number of ether oxygens (including phenoxy) is 2. The maximum atomic E-state index is 5.64. The lowest BCUT2D eigenvalue weighted by molar-refractivity contribution is 0.217. The average molecular weight is 377 g/mol. The molecule has 2 aromatic carbocycles. The number of rotatable bonds is 5. The van der Waals surface area contributed by atoms with Crippen LogP contribution in [0.15, 0.2) is 60.8 Å². The van der Waals surface area contributed by atoms with Crippen LogP contribution in [0, 0.1) is 6.92 Å². The Morgan fingerprint density at radius 1 is 0.964 bits per heavy atom. The summed E-state index contributed by atoms with van der Waals surface area (Å²) in [5, 5.41) is 0. The Morgan fingerprint density at radius 2 is 1.86 bits per heavy atom. The molecule has 2 heterocycles. The second kappa shape index (κ2) is 8.11. The summed E-state index contributed by atoms with van der Waals surface area (Å²) >= 11 is 0. The highest BCUT2D eigenvalue weighted by atomic mass is 16.5. The molecular weight excluding hydrogens is 348 g/mol. The molecular formula is C24H28N2O2. The highest BCUT2D eigenvalue weighted by molar-refractivity contribution is 5.41. The molecule has 0 N–H and O–H groups in total. The molecule has 0 amide bonds. The van der Waals surface area contributed by atoms with Crippen molar-refractivity contribution in [2.24, 2.45) is 0 Å². The summed E-state index contributed by atoms with van der Waals surface area (Å²) in [5.41, 5.74) is 5.13. The van der Waals surface area contributed by atoms with E-state index in [4.69, 9.17) is 9.47 Å². The second-order valence-corrected chi connectivity index (χ2v) is 7.44. The van der Waals surface area contributed by atoms with Gasteiger partial charge in [0.05, 0.1) is 20.3 Å². The van der Waals surface area contributed by atoms with Crippen LogP contribution >= 0.6 is 0 Å². The summed E-state index contributed by atoms with van der Waals surface area (Å²) in [6.07, 6.45) is 3.32. The third-order valence-electron chi connectivity index (χ3n) is 5.57. The van der Waals surface area contributed by atoms with Gasteiger partial charge in [-0.15, -0.1) is 0 Å². The molecule has 3 aromatic rings. The fourth-order valence-electron chi connectivity index (χ4n) is 4.26. The van der Waals surface area contributed by atoms with Gasteiger partial charge in [-0.3, -0.25) is 4.90 Å². The van der Waals surface area contributed by atoms with Crippen molar-refractivity contribution in [1.82, 2.24) is 9.47 Å². The van der Waals surface area contributed by atoms with Gasteiger partial charge in [0, 0.05) is 37.1 Å². The van der Waals surface area contributed by atoms with E-state index in [1.54, 1.807) is 14.2 Å². The van der Waals surface area contributed by atoms with E-state index in [0.717, 1.165) is 43.1 Å². The van der Waals surface area contributed by atoms with Crippen LogP contribution < -0.4 is 9.47 Å². The van der Waals surface area contributed by atoms with Crippen LogP contribution in [-0.2, 0) is 13.1 Å². The van der Waals surface area contributed by atoms with Gasteiger partial charge in [-0.25, -0.2) is 0 Å². The normalized spacial score (nSPS) is 17.0. The van der Waals surface area contributed by atoms with Crippen molar-refractivity contribution in [1.29, 1.82) is 0 Å². The zero-order valence-corrected chi connectivity index (χ0v) is 16.9. The summed E-state index contributed by atoms with van der Waals surface area (Å²) in [4.78, 5) is 2.56. The summed E-state index contributed by atoms with van der Waals surface area (Å²) in [7, 11) is 3.44. The predicted molar refractivity (Wildman–Crippen MR) is 112 cm³/mol. The first kappa shape index (κ1) is 18.6. The molecule has 4 heteroatoms.